The summed E-state index contributed by atoms with van der Waals surface area (Å²) >= 11 is 5.13. The smallest absolute Gasteiger partial charge is 0.248 e. The van der Waals surface area contributed by atoms with Gasteiger partial charge in [0.25, 0.3) is 0 Å². The van der Waals surface area contributed by atoms with E-state index in [1.807, 2.05) is 5.38 Å². The second kappa shape index (κ2) is 5.97. The first kappa shape index (κ1) is 14.4. The first-order valence-corrected chi connectivity index (χ1v) is 8.10. The van der Waals surface area contributed by atoms with Gasteiger partial charge >= 0.3 is 0 Å². The van der Waals surface area contributed by atoms with Crippen molar-refractivity contribution in [3.05, 3.63) is 20.8 Å². The lowest BCUT2D eigenvalue weighted by atomic mass is 9.93. The van der Waals surface area contributed by atoms with Crippen molar-refractivity contribution in [2.75, 3.05) is 6.54 Å². The van der Waals surface area contributed by atoms with E-state index in [2.05, 4.69) is 33.6 Å². The Morgan fingerprint density at radius 1 is 1.56 bits per heavy atom. The fourth-order valence-corrected chi connectivity index (χ4v) is 4.19. The molecule has 2 atom stereocenters. The Hall–Kier alpha value is -0.000000000000000111. The summed E-state index contributed by atoms with van der Waals surface area (Å²) in [6.07, 6.45) is 1.67. The summed E-state index contributed by atoms with van der Waals surface area (Å²) in [5.74, 6) is -2.43. The Kier molecular flexibility index (Phi) is 4.78. The Bertz CT molecular complexity index is 394. The van der Waals surface area contributed by atoms with Crippen LogP contribution >= 0.6 is 27.3 Å². The van der Waals surface area contributed by atoms with Gasteiger partial charge in [-0.15, -0.1) is 0 Å². The van der Waals surface area contributed by atoms with Crippen LogP contribution in [0.4, 0.5) is 8.78 Å². The Balaban J connectivity index is 2.13. The molecule has 5 heteroatoms. The number of thiophene rings is 1. The Labute approximate surface area is 119 Å². The van der Waals surface area contributed by atoms with E-state index in [-0.39, 0.29) is 24.8 Å². The van der Waals surface area contributed by atoms with Crippen molar-refractivity contribution in [3.63, 3.8) is 0 Å². The maximum absolute atomic E-state index is 13.4. The molecule has 0 radical (unpaired) electrons. The largest absolute Gasteiger partial charge is 0.310 e. The lowest BCUT2D eigenvalue weighted by molar-refractivity contribution is 0.00326. The van der Waals surface area contributed by atoms with Crippen LogP contribution in [-0.4, -0.2) is 12.5 Å². The van der Waals surface area contributed by atoms with Gasteiger partial charge in [-0.05, 0) is 52.2 Å². The maximum atomic E-state index is 13.4. The normalized spacial score (nSPS) is 24.3. The van der Waals surface area contributed by atoms with Gasteiger partial charge < -0.3 is 5.32 Å². The highest BCUT2D eigenvalue weighted by Crippen LogP contribution is 2.46. The summed E-state index contributed by atoms with van der Waals surface area (Å²) < 4.78 is 27.8. The molecule has 1 aromatic heterocycles. The first-order chi connectivity index (χ1) is 8.53. The average molecular weight is 338 g/mol. The predicted molar refractivity (Wildman–Crippen MR) is 75.3 cm³/mol. The number of rotatable bonds is 5. The molecule has 18 heavy (non-hydrogen) atoms. The molecule has 1 heterocycles. The van der Waals surface area contributed by atoms with E-state index in [9.17, 15) is 8.78 Å². The van der Waals surface area contributed by atoms with Crippen LogP contribution in [0.3, 0.4) is 0 Å². The van der Waals surface area contributed by atoms with E-state index in [0.29, 0.717) is 6.42 Å². The van der Waals surface area contributed by atoms with Crippen LogP contribution in [0.5, 0.6) is 0 Å². The van der Waals surface area contributed by atoms with Gasteiger partial charge in [0.2, 0.25) is 5.92 Å². The molecule has 0 amide bonds. The van der Waals surface area contributed by atoms with Crippen LogP contribution in [0.25, 0.3) is 0 Å². The Morgan fingerprint density at radius 2 is 2.33 bits per heavy atom. The van der Waals surface area contributed by atoms with E-state index in [1.165, 1.54) is 0 Å². The third kappa shape index (κ3) is 3.31. The lowest BCUT2D eigenvalue weighted by Gasteiger charge is -2.25. The zero-order chi connectivity index (χ0) is 13.2. The van der Waals surface area contributed by atoms with Crippen molar-refractivity contribution in [2.45, 2.75) is 44.6 Å². The number of nitrogens with one attached hydrogen (secondary N) is 1. The van der Waals surface area contributed by atoms with E-state index >= 15 is 0 Å². The predicted octanol–water partition coefficient (Wildman–Crippen LogP) is 4.99. The van der Waals surface area contributed by atoms with E-state index < -0.39 is 5.92 Å². The molecule has 0 spiro atoms. The van der Waals surface area contributed by atoms with Crippen LogP contribution < -0.4 is 5.32 Å². The van der Waals surface area contributed by atoms with Crippen LogP contribution in [0.2, 0.25) is 0 Å². The highest BCUT2D eigenvalue weighted by atomic mass is 79.9. The van der Waals surface area contributed by atoms with E-state index in [0.717, 1.165) is 23.0 Å². The molecule has 1 nitrogen and oxygen atoms in total. The lowest BCUT2D eigenvalue weighted by Crippen LogP contribution is -2.28. The number of halogens is 3. The zero-order valence-electron chi connectivity index (χ0n) is 10.4. The van der Waals surface area contributed by atoms with E-state index in [1.54, 1.807) is 11.3 Å². The van der Waals surface area contributed by atoms with Gasteiger partial charge in [0.15, 0.2) is 0 Å². The van der Waals surface area contributed by atoms with Gasteiger partial charge in [-0.2, -0.15) is 11.3 Å². The standard InChI is InChI=1S/C13H18BrF2NS/c1-2-5-17-12(10-7-18-8-11(10)14)9-3-4-13(15,16)6-9/h7-9,12,17H,2-6H2,1H3. The Morgan fingerprint density at radius 3 is 2.83 bits per heavy atom. The zero-order valence-corrected chi connectivity index (χ0v) is 12.8. The van der Waals surface area contributed by atoms with Gasteiger partial charge in [0.05, 0.1) is 0 Å². The van der Waals surface area contributed by atoms with Crippen molar-refractivity contribution >= 4 is 27.3 Å². The van der Waals surface area contributed by atoms with Crippen molar-refractivity contribution in [2.24, 2.45) is 5.92 Å². The monoisotopic (exact) mass is 337 g/mol. The van der Waals surface area contributed by atoms with Gasteiger partial charge in [0, 0.05) is 28.7 Å². The highest BCUT2D eigenvalue weighted by molar-refractivity contribution is 9.10. The van der Waals surface area contributed by atoms with Crippen molar-refractivity contribution in [1.29, 1.82) is 0 Å². The minimum Gasteiger partial charge on any atom is -0.310 e. The first-order valence-electron chi connectivity index (χ1n) is 6.36. The molecule has 0 aliphatic heterocycles. The van der Waals surface area contributed by atoms with Crippen molar-refractivity contribution in [1.82, 2.24) is 5.32 Å². The molecular weight excluding hydrogens is 320 g/mol. The third-order valence-corrected chi connectivity index (χ3v) is 5.26. The van der Waals surface area contributed by atoms with Crippen molar-refractivity contribution in [3.8, 4) is 0 Å². The molecule has 0 saturated heterocycles. The van der Waals surface area contributed by atoms with E-state index in [4.69, 9.17) is 0 Å². The third-order valence-electron chi connectivity index (χ3n) is 3.50. The van der Waals surface area contributed by atoms with Gasteiger partial charge in [-0.25, -0.2) is 8.78 Å². The molecule has 1 fully saturated rings. The number of alkyl halides is 2. The second-order valence-electron chi connectivity index (χ2n) is 4.97. The van der Waals surface area contributed by atoms with Crippen LogP contribution in [0.15, 0.2) is 15.2 Å². The summed E-state index contributed by atoms with van der Waals surface area (Å²) in [5, 5.41) is 7.52. The SMILES string of the molecule is CCCNC(c1cscc1Br)C1CCC(F)(F)C1. The minimum absolute atomic E-state index is 0.0106. The molecule has 2 rings (SSSR count). The molecule has 102 valence electrons. The molecule has 0 bridgehead atoms. The number of hydrogen-bond donors (Lipinski definition) is 1. The molecule has 1 aliphatic carbocycles. The molecule has 1 N–H and O–H groups in total. The minimum atomic E-state index is -2.47. The van der Waals surface area contributed by atoms with Crippen LogP contribution in [0, 0.1) is 5.92 Å². The number of hydrogen-bond acceptors (Lipinski definition) is 2. The summed E-state index contributed by atoms with van der Waals surface area (Å²) in [6.45, 7) is 2.96. The molecule has 1 saturated carbocycles. The summed E-state index contributed by atoms with van der Waals surface area (Å²) in [5.41, 5.74) is 1.14. The molecule has 1 aliphatic rings. The molecule has 2 unspecified atom stereocenters. The summed E-state index contributed by atoms with van der Waals surface area (Å²) in [4.78, 5) is 0. The fourth-order valence-electron chi connectivity index (χ4n) is 2.61. The van der Waals surface area contributed by atoms with Crippen molar-refractivity contribution < 1.29 is 8.78 Å². The second-order valence-corrected chi connectivity index (χ2v) is 6.56. The maximum Gasteiger partial charge on any atom is 0.248 e. The van der Waals surface area contributed by atoms with Gasteiger partial charge in [-0.1, -0.05) is 6.92 Å². The summed E-state index contributed by atoms with van der Waals surface area (Å²) in [6, 6.07) is 0.0546. The van der Waals surface area contributed by atoms with Crippen LogP contribution in [-0.2, 0) is 0 Å². The molecule has 1 aromatic rings. The fraction of sp³-hybridized carbons (Fsp3) is 0.692. The molecule has 0 aromatic carbocycles. The highest BCUT2D eigenvalue weighted by Gasteiger charge is 2.43. The average Bonchev–Trinajstić information content (AvgIpc) is 2.87. The quantitative estimate of drug-likeness (QED) is 0.798. The van der Waals surface area contributed by atoms with Gasteiger partial charge in [0.1, 0.15) is 0 Å². The van der Waals surface area contributed by atoms with Gasteiger partial charge in [-0.3, -0.25) is 0 Å². The van der Waals surface area contributed by atoms with Crippen LogP contribution in [0.1, 0.15) is 44.2 Å². The molecular formula is C13H18BrF2NS. The summed E-state index contributed by atoms with van der Waals surface area (Å²) in [7, 11) is 0. The topological polar surface area (TPSA) is 12.0 Å².